The van der Waals surface area contributed by atoms with Crippen molar-refractivity contribution in [2.24, 2.45) is 9.81 Å². The number of piperidine rings is 1. The third-order valence-corrected chi connectivity index (χ3v) is 4.48. The third kappa shape index (κ3) is 4.34. The van der Waals surface area contributed by atoms with Gasteiger partial charge in [-0.05, 0) is 58.5 Å². The average Bonchev–Trinajstić information content (AvgIpc) is 2.17. The second-order valence-corrected chi connectivity index (χ2v) is 7.85. The lowest BCUT2D eigenvalue weighted by molar-refractivity contribution is 0.242. The molecule has 0 radical (unpaired) electrons. The maximum atomic E-state index is 11.7. The van der Waals surface area contributed by atoms with E-state index in [2.05, 4.69) is 16.6 Å². The Morgan fingerprint density at radius 1 is 1.38 bits per heavy atom. The molecule has 0 aromatic carbocycles. The van der Waals surface area contributed by atoms with Crippen LogP contribution in [0.1, 0.15) is 47.0 Å². The molecule has 0 saturated carbocycles. The summed E-state index contributed by atoms with van der Waals surface area (Å²) in [6.45, 7) is 10.3. The highest BCUT2D eigenvalue weighted by molar-refractivity contribution is 7.85. The monoisotopic (exact) mass is 244 g/mol. The molecule has 1 heterocycles. The lowest BCUT2D eigenvalue weighted by atomic mass is 9.79. The van der Waals surface area contributed by atoms with Gasteiger partial charge in [0.25, 0.3) is 0 Å². The van der Waals surface area contributed by atoms with Crippen LogP contribution >= 0.6 is 0 Å². The highest BCUT2D eigenvalue weighted by atomic mass is 32.2. The summed E-state index contributed by atoms with van der Waals surface area (Å²) in [6, 6.07) is 0. The van der Waals surface area contributed by atoms with Crippen LogP contribution in [-0.2, 0) is 11.0 Å². The molecule has 16 heavy (non-hydrogen) atoms. The van der Waals surface area contributed by atoms with Gasteiger partial charge in [-0.1, -0.05) is 6.92 Å². The van der Waals surface area contributed by atoms with E-state index in [1.54, 1.807) is 0 Å². The largest absolute Gasteiger partial charge is 0.317 e. The first-order chi connectivity index (χ1) is 7.33. The van der Waals surface area contributed by atoms with Gasteiger partial charge in [-0.3, -0.25) is 0 Å². The zero-order chi connectivity index (χ0) is 12.2. The molecule has 0 bridgehead atoms. The normalized spacial score (nSPS) is 23.5. The fraction of sp³-hybridized carbons (Fsp3) is 0.917. The van der Waals surface area contributed by atoms with E-state index in [-0.39, 0.29) is 4.75 Å². The molecule has 0 amide bonds. The SMILES string of the molecule is CC1(C/C=N/S(=O)C(C)(C)C)CCNCC1. The summed E-state index contributed by atoms with van der Waals surface area (Å²) in [6.07, 6.45) is 5.17. The van der Waals surface area contributed by atoms with Crippen molar-refractivity contribution in [1.29, 1.82) is 0 Å². The topological polar surface area (TPSA) is 41.5 Å². The first-order valence-electron chi connectivity index (χ1n) is 5.99. The van der Waals surface area contributed by atoms with Gasteiger partial charge in [-0.15, -0.1) is 0 Å². The van der Waals surface area contributed by atoms with Gasteiger partial charge in [0, 0.05) is 6.21 Å². The number of hydrogen-bond donors (Lipinski definition) is 1. The zero-order valence-corrected chi connectivity index (χ0v) is 11.7. The van der Waals surface area contributed by atoms with Crippen LogP contribution in [0, 0.1) is 5.41 Å². The Hall–Kier alpha value is -0.220. The molecule has 1 aliphatic heterocycles. The Labute approximate surface area is 102 Å². The maximum absolute atomic E-state index is 11.7. The molecule has 1 atom stereocenters. The second-order valence-electron chi connectivity index (χ2n) is 5.91. The third-order valence-electron chi connectivity index (χ3n) is 3.09. The number of rotatable bonds is 3. The standard InChI is InChI=1S/C12H24N2OS/c1-11(2,3)16(15)14-10-7-12(4)5-8-13-9-6-12/h10,13H,5-9H2,1-4H3/b14-10+. The fourth-order valence-corrected chi connectivity index (χ4v) is 2.24. The van der Waals surface area contributed by atoms with Crippen LogP contribution in [0.25, 0.3) is 0 Å². The fourth-order valence-electron chi connectivity index (χ4n) is 1.72. The van der Waals surface area contributed by atoms with Crippen LogP contribution in [-0.4, -0.2) is 28.3 Å². The van der Waals surface area contributed by atoms with Crippen LogP contribution in [0.5, 0.6) is 0 Å². The summed E-state index contributed by atoms with van der Waals surface area (Å²) < 4.78 is 15.6. The predicted octanol–water partition coefficient (Wildman–Crippen LogP) is 2.30. The lowest BCUT2D eigenvalue weighted by Gasteiger charge is -2.32. The van der Waals surface area contributed by atoms with Crippen molar-refractivity contribution in [2.75, 3.05) is 13.1 Å². The molecule has 0 spiro atoms. The quantitative estimate of drug-likeness (QED) is 0.774. The second kappa shape index (κ2) is 5.41. The highest BCUT2D eigenvalue weighted by Crippen LogP contribution is 2.30. The molecule has 1 aliphatic rings. The molecule has 4 heteroatoms. The van der Waals surface area contributed by atoms with Crippen LogP contribution in [0.15, 0.2) is 4.40 Å². The van der Waals surface area contributed by atoms with E-state index in [0.29, 0.717) is 5.41 Å². The van der Waals surface area contributed by atoms with Crippen molar-refractivity contribution >= 4 is 17.2 Å². The molecule has 0 aromatic rings. The van der Waals surface area contributed by atoms with E-state index in [1.807, 2.05) is 27.0 Å². The van der Waals surface area contributed by atoms with Crippen molar-refractivity contribution in [3.05, 3.63) is 0 Å². The summed E-state index contributed by atoms with van der Waals surface area (Å²) in [5.74, 6) is 0. The molecule has 3 nitrogen and oxygen atoms in total. The van der Waals surface area contributed by atoms with Crippen LogP contribution in [0.3, 0.4) is 0 Å². The first-order valence-corrected chi connectivity index (χ1v) is 7.09. The minimum absolute atomic E-state index is 0.245. The molecular weight excluding hydrogens is 220 g/mol. The van der Waals surface area contributed by atoms with E-state index < -0.39 is 11.0 Å². The van der Waals surface area contributed by atoms with E-state index in [4.69, 9.17) is 0 Å². The molecule has 94 valence electrons. The summed E-state index contributed by atoms with van der Waals surface area (Å²) in [7, 11) is -1.11. The molecule has 0 aromatic heterocycles. The molecular formula is C12H24N2OS. The average molecular weight is 244 g/mol. The first kappa shape index (κ1) is 13.8. The van der Waals surface area contributed by atoms with Gasteiger partial charge in [0.2, 0.25) is 0 Å². The molecule has 0 aliphatic carbocycles. The van der Waals surface area contributed by atoms with Crippen LogP contribution in [0.4, 0.5) is 0 Å². The Kier molecular flexibility index (Phi) is 4.68. The van der Waals surface area contributed by atoms with Gasteiger partial charge in [-0.2, -0.15) is 4.40 Å². The highest BCUT2D eigenvalue weighted by Gasteiger charge is 2.25. The van der Waals surface area contributed by atoms with Crippen molar-refractivity contribution in [1.82, 2.24) is 5.32 Å². The summed E-state index contributed by atoms with van der Waals surface area (Å²) in [5.41, 5.74) is 0.344. The Morgan fingerprint density at radius 3 is 2.44 bits per heavy atom. The molecule has 1 fully saturated rings. The van der Waals surface area contributed by atoms with E-state index in [9.17, 15) is 4.21 Å². The minimum Gasteiger partial charge on any atom is -0.317 e. The van der Waals surface area contributed by atoms with Crippen LogP contribution in [0.2, 0.25) is 0 Å². The maximum Gasteiger partial charge on any atom is 0.144 e. The van der Waals surface area contributed by atoms with Crippen LogP contribution < -0.4 is 5.32 Å². The number of hydrogen-bond acceptors (Lipinski definition) is 2. The van der Waals surface area contributed by atoms with Gasteiger partial charge < -0.3 is 5.32 Å². The van der Waals surface area contributed by atoms with E-state index in [1.165, 1.54) is 12.8 Å². The van der Waals surface area contributed by atoms with Crippen molar-refractivity contribution in [3.8, 4) is 0 Å². The molecule has 1 N–H and O–H groups in total. The van der Waals surface area contributed by atoms with Crippen molar-refractivity contribution < 1.29 is 4.21 Å². The van der Waals surface area contributed by atoms with Gasteiger partial charge in [0.05, 0.1) is 4.75 Å². The Balaban J connectivity index is 2.44. The van der Waals surface area contributed by atoms with E-state index >= 15 is 0 Å². The number of nitrogens with zero attached hydrogens (tertiary/aromatic N) is 1. The van der Waals surface area contributed by atoms with Crippen molar-refractivity contribution in [3.63, 3.8) is 0 Å². The van der Waals surface area contributed by atoms with Gasteiger partial charge in [0.1, 0.15) is 11.0 Å². The van der Waals surface area contributed by atoms with E-state index in [0.717, 1.165) is 19.5 Å². The summed E-state index contributed by atoms with van der Waals surface area (Å²) >= 11 is 0. The van der Waals surface area contributed by atoms with Crippen molar-refractivity contribution in [2.45, 2.75) is 51.7 Å². The molecule has 1 unspecified atom stereocenters. The summed E-state index contributed by atoms with van der Waals surface area (Å²) in [4.78, 5) is 0. The lowest BCUT2D eigenvalue weighted by Crippen LogP contribution is -2.35. The van der Waals surface area contributed by atoms with Gasteiger partial charge >= 0.3 is 0 Å². The minimum atomic E-state index is -1.11. The summed E-state index contributed by atoms with van der Waals surface area (Å²) in [5, 5.41) is 3.36. The zero-order valence-electron chi connectivity index (χ0n) is 10.9. The van der Waals surface area contributed by atoms with Gasteiger partial charge in [-0.25, -0.2) is 4.21 Å². The molecule has 1 saturated heterocycles. The smallest absolute Gasteiger partial charge is 0.144 e. The predicted molar refractivity (Wildman–Crippen MR) is 71.2 cm³/mol. The van der Waals surface area contributed by atoms with Gasteiger partial charge in [0.15, 0.2) is 0 Å². The Bertz CT molecular complexity index is 275. The molecule has 1 rings (SSSR count). The number of nitrogens with one attached hydrogen (secondary N) is 1. The Morgan fingerprint density at radius 2 is 1.94 bits per heavy atom.